The van der Waals surface area contributed by atoms with Crippen LogP contribution in [0.3, 0.4) is 0 Å². The van der Waals surface area contributed by atoms with Gasteiger partial charge in [-0.2, -0.15) is 0 Å². The maximum Gasteiger partial charge on any atom is 0.151 e. The molecule has 0 amide bonds. The summed E-state index contributed by atoms with van der Waals surface area (Å²) in [5.41, 5.74) is -0.256. The van der Waals surface area contributed by atoms with Crippen LogP contribution in [0, 0.1) is 11.3 Å². The average molecular weight is 168 g/mol. The third kappa shape index (κ3) is 1.60. The molecule has 66 valence electrons. The van der Waals surface area contributed by atoms with Gasteiger partial charge in [0.25, 0.3) is 0 Å². The standard InChI is InChI=1S/C9H12O3/c1-9(2)3-7(11)6(5-10)8(12)4-9/h5-6H,3-4H2,1-2H3. The Morgan fingerprint density at radius 3 is 2.00 bits per heavy atom. The first-order valence-electron chi connectivity index (χ1n) is 3.97. The molecule has 0 atom stereocenters. The van der Waals surface area contributed by atoms with Gasteiger partial charge in [0, 0.05) is 12.8 Å². The van der Waals surface area contributed by atoms with Crippen LogP contribution in [0.5, 0.6) is 0 Å². The zero-order chi connectivity index (χ0) is 9.35. The summed E-state index contributed by atoms with van der Waals surface area (Å²) in [5.74, 6) is -1.43. The summed E-state index contributed by atoms with van der Waals surface area (Å²) in [4.78, 5) is 32.7. The maximum atomic E-state index is 11.2. The van der Waals surface area contributed by atoms with Gasteiger partial charge in [-0.1, -0.05) is 13.8 Å². The lowest BCUT2D eigenvalue weighted by Crippen LogP contribution is -2.38. The largest absolute Gasteiger partial charge is 0.302 e. The van der Waals surface area contributed by atoms with E-state index in [0.717, 1.165) is 0 Å². The first-order valence-corrected chi connectivity index (χ1v) is 3.97. The summed E-state index contributed by atoms with van der Waals surface area (Å²) in [6.07, 6.45) is 1.13. The molecule has 0 aromatic carbocycles. The van der Waals surface area contributed by atoms with Crippen molar-refractivity contribution >= 4 is 17.9 Å². The van der Waals surface area contributed by atoms with E-state index in [2.05, 4.69) is 0 Å². The van der Waals surface area contributed by atoms with Crippen molar-refractivity contribution in [2.45, 2.75) is 26.7 Å². The minimum Gasteiger partial charge on any atom is -0.302 e. The molecule has 3 heteroatoms. The van der Waals surface area contributed by atoms with Crippen LogP contribution < -0.4 is 0 Å². The Bertz CT molecular complexity index is 220. The van der Waals surface area contributed by atoms with Gasteiger partial charge in [-0.3, -0.25) is 9.59 Å². The normalized spacial score (nSPS) is 24.2. The van der Waals surface area contributed by atoms with Crippen LogP contribution in [0.15, 0.2) is 0 Å². The number of Topliss-reactive ketones (excluding diaryl/α,β-unsaturated/α-hetero) is 2. The fourth-order valence-electron chi connectivity index (χ4n) is 1.56. The van der Waals surface area contributed by atoms with Crippen LogP contribution in [-0.2, 0) is 14.4 Å². The van der Waals surface area contributed by atoms with Crippen LogP contribution in [0.25, 0.3) is 0 Å². The molecule has 12 heavy (non-hydrogen) atoms. The second-order valence-corrected chi connectivity index (χ2v) is 4.06. The highest BCUT2D eigenvalue weighted by Gasteiger charge is 2.39. The van der Waals surface area contributed by atoms with E-state index in [4.69, 9.17) is 0 Å². The number of carbonyl (C=O) groups is 3. The Labute approximate surface area is 71.1 Å². The lowest BCUT2D eigenvalue weighted by Gasteiger charge is -2.29. The van der Waals surface area contributed by atoms with Crippen LogP contribution in [0.1, 0.15) is 26.7 Å². The number of carbonyl (C=O) groups excluding carboxylic acids is 3. The first-order chi connectivity index (χ1) is 5.46. The molecule has 0 spiro atoms. The molecule has 1 aliphatic rings. The Morgan fingerprint density at radius 2 is 1.67 bits per heavy atom. The molecule has 1 saturated carbocycles. The van der Waals surface area contributed by atoms with Crippen LogP contribution in [0.4, 0.5) is 0 Å². The van der Waals surface area contributed by atoms with Gasteiger partial charge in [0.2, 0.25) is 0 Å². The Morgan fingerprint density at radius 1 is 1.25 bits per heavy atom. The first kappa shape index (κ1) is 9.10. The van der Waals surface area contributed by atoms with E-state index in [1.807, 2.05) is 13.8 Å². The van der Waals surface area contributed by atoms with Crippen molar-refractivity contribution in [2.75, 3.05) is 0 Å². The topological polar surface area (TPSA) is 51.2 Å². The molecule has 0 aliphatic heterocycles. The van der Waals surface area contributed by atoms with Gasteiger partial charge in [-0.15, -0.1) is 0 Å². The second-order valence-electron chi connectivity index (χ2n) is 4.06. The van der Waals surface area contributed by atoms with Crippen molar-refractivity contribution in [3.8, 4) is 0 Å². The van der Waals surface area contributed by atoms with E-state index in [0.29, 0.717) is 19.1 Å². The van der Waals surface area contributed by atoms with Crippen LogP contribution in [0.2, 0.25) is 0 Å². The predicted molar refractivity (Wildman–Crippen MR) is 42.6 cm³/mol. The van der Waals surface area contributed by atoms with Gasteiger partial charge in [0.15, 0.2) is 11.6 Å². The van der Waals surface area contributed by atoms with E-state index in [1.165, 1.54) is 0 Å². The fraction of sp³-hybridized carbons (Fsp3) is 0.667. The van der Waals surface area contributed by atoms with Gasteiger partial charge in [0.1, 0.15) is 12.2 Å². The van der Waals surface area contributed by atoms with Crippen molar-refractivity contribution in [3.63, 3.8) is 0 Å². The van der Waals surface area contributed by atoms with Gasteiger partial charge >= 0.3 is 0 Å². The number of aldehydes is 1. The lowest BCUT2D eigenvalue weighted by molar-refractivity contribution is -0.141. The van der Waals surface area contributed by atoms with Crippen molar-refractivity contribution in [3.05, 3.63) is 0 Å². The second kappa shape index (κ2) is 2.81. The van der Waals surface area contributed by atoms with Gasteiger partial charge in [-0.25, -0.2) is 0 Å². The number of rotatable bonds is 1. The third-order valence-electron chi connectivity index (χ3n) is 2.14. The van der Waals surface area contributed by atoms with Crippen molar-refractivity contribution in [1.29, 1.82) is 0 Å². The highest BCUT2D eigenvalue weighted by molar-refractivity contribution is 6.15. The molecule has 0 bridgehead atoms. The smallest absolute Gasteiger partial charge is 0.151 e. The average Bonchev–Trinajstić information content (AvgIpc) is 1.82. The van der Waals surface area contributed by atoms with E-state index < -0.39 is 5.92 Å². The Kier molecular flexibility index (Phi) is 2.13. The number of hydrogen-bond donors (Lipinski definition) is 0. The highest BCUT2D eigenvalue weighted by Crippen LogP contribution is 2.32. The SMILES string of the molecule is CC1(C)CC(=O)C(C=O)C(=O)C1. The van der Waals surface area contributed by atoms with Gasteiger partial charge < -0.3 is 4.79 Å². The number of ketones is 2. The van der Waals surface area contributed by atoms with Gasteiger partial charge in [0.05, 0.1) is 0 Å². The van der Waals surface area contributed by atoms with Crippen molar-refractivity contribution in [1.82, 2.24) is 0 Å². The molecule has 3 nitrogen and oxygen atoms in total. The predicted octanol–water partition coefficient (Wildman–Crippen LogP) is 0.760. The van der Waals surface area contributed by atoms with Gasteiger partial charge in [-0.05, 0) is 5.41 Å². The maximum absolute atomic E-state index is 11.2. The quantitative estimate of drug-likeness (QED) is 0.429. The summed E-state index contributed by atoms with van der Waals surface area (Å²) < 4.78 is 0. The summed E-state index contributed by atoms with van der Waals surface area (Å²) >= 11 is 0. The van der Waals surface area contributed by atoms with E-state index in [-0.39, 0.29) is 17.0 Å². The Hall–Kier alpha value is -0.990. The van der Waals surface area contributed by atoms with E-state index in [1.54, 1.807) is 0 Å². The molecule has 1 rings (SSSR count). The lowest BCUT2D eigenvalue weighted by atomic mass is 9.72. The minimum absolute atomic E-state index is 0.230. The molecule has 0 heterocycles. The molecule has 0 aromatic rings. The van der Waals surface area contributed by atoms with Crippen molar-refractivity contribution in [2.24, 2.45) is 11.3 Å². The van der Waals surface area contributed by atoms with Crippen LogP contribution >= 0.6 is 0 Å². The molecular weight excluding hydrogens is 156 g/mol. The van der Waals surface area contributed by atoms with E-state index in [9.17, 15) is 14.4 Å². The van der Waals surface area contributed by atoms with Crippen molar-refractivity contribution < 1.29 is 14.4 Å². The summed E-state index contributed by atoms with van der Waals surface area (Å²) in [5, 5.41) is 0. The zero-order valence-electron chi connectivity index (χ0n) is 7.29. The van der Waals surface area contributed by atoms with E-state index >= 15 is 0 Å². The fourth-order valence-corrected chi connectivity index (χ4v) is 1.56. The summed E-state index contributed by atoms with van der Waals surface area (Å²) in [6, 6.07) is 0. The minimum atomic E-state index is -0.974. The molecule has 1 fully saturated rings. The van der Waals surface area contributed by atoms with Crippen LogP contribution in [-0.4, -0.2) is 17.9 Å². The molecular formula is C9H12O3. The molecule has 0 unspecified atom stereocenters. The molecule has 1 aliphatic carbocycles. The Balaban J connectivity index is 2.84. The monoisotopic (exact) mass is 168 g/mol. The molecule has 0 aromatic heterocycles. The summed E-state index contributed by atoms with van der Waals surface area (Å²) in [7, 11) is 0. The number of hydrogen-bond acceptors (Lipinski definition) is 3. The molecule has 0 N–H and O–H groups in total. The highest BCUT2D eigenvalue weighted by atomic mass is 16.2. The zero-order valence-corrected chi connectivity index (χ0v) is 7.29. The molecule has 0 radical (unpaired) electrons. The third-order valence-corrected chi connectivity index (χ3v) is 2.14. The molecule has 0 saturated heterocycles. The summed E-state index contributed by atoms with van der Waals surface area (Å²) in [6.45, 7) is 3.73.